The average molecular weight is 271 g/mol. The van der Waals surface area contributed by atoms with E-state index in [1.165, 1.54) is 22.8 Å². The van der Waals surface area contributed by atoms with Gasteiger partial charge in [0, 0.05) is 30.4 Å². The molecule has 1 N–H and O–H groups in total. The maximum Gasteiger partial charge on any atom is 0.0346 e. The van der Waals surface area contributed by atoms with Gasteiger partial charge in [-0.05, 0) is 51.4 Å². The smallest absolute Gasteiger partial charge is 0.0346 e. The number of benzene rings is 1. The van der Waals surface area contributed by atoms with Crippen molar-refractivity contribution in [2.75, 3.05) is 20.1 Å². The Bertz CT molecular complexity index is 531. The molecule has 0 aliphatic carbocycles. The topological polar surface area (TPSA) is 28.2 Å². The molecule has 2 rings (SSSR count). The fourth-order valence-corrected chi connectivity index (χ4v) is 2.25. The van der Waals surface area contributed by atoms with Gasteiger partial charge in [0.2, 0.25) is 0 Å². The van der Waals surface area contributed by atoms with Crippen LogP contribution in [0.1, 0.15) is 25.8 Å². The SMILES string of the molecule is CC(C)N(C)CCCNCc1cncc2ccccc12. The Kier molecular flexibility index (Phi) is 5.50. The molecule has 3 heteroatoms. The lowest BCUT2D eigenvalue weighted by atomic mass is 10.1. The molecule has 0 bridgehead atoms. The van der Waals surface area contributed by atoms with Gasteiger partial charge >= 0.3 is 0 Å². The molecule has 0 amide bonds. The van der Waals surface area contributed by atoms with Gasteiger partial charge < -0.3 is 10.2 Å². The van der Waals surface area contributed by atoms with Crippen molar-refractivity contribution >= 4 is 10.8 Å². The number of fused-ring (bicyclic) bond motifs is 1. The van der Waals surface area contributed by atoms with Crippen molar-refractivity contribution in [3.05, 3.63) is 42.2 Å². The van der Waals surface area contributed by atoms with Gasteiger partial charge in [-0.15, -0.1) is 0 Å². The summed E-state index contributed by atoms with van der Waals surface area (Å²) in [5.74, 6) is 0. The number of rotatable bonds is 7. The second-order valence-electron chi connectivity index (χ2n) is 5.62. The minimum Gasteiger partial charge on any atom is -0.313 e. The molecule has 0 fully saturated rings. The molecular weight excluding hydrogens is 246 g/mol. The quantitative estimate of drug-likeness (QED) is 0.785. The summed E-state index contributed by atoms with van der Waals surface area (Å²) >= 11 is 0. The van der Waals surface area contributed by atoms with Crippen molar-refractivity contribution in [2.24, 2.45) is 0 Å². The number of nitrogens with one attached hydrogen (secondary N) is 1. The van der Waals surface area contributed by atoms with Crippen LogP contribution < -0.4 is 5.32 Å². The van der Waals surface area contributed by atoms with Crippen LogP contribution in [0.5, 0.6) is 0 Å². The Morgan fingerprint density at radius 2 is 2.00 bits per heavy atom. The third kappa shape index (κ3) is 4.02. The summed E-state index contributed by atoms with van der Waals surface area (Å²) in [7, 11) is 2.18. The van der Waals surface area contributed by atoms with Gasteiger partial charge in [0.25, 0.3) is 0 Å². The van der Waals surface area contributed by atoms with E-state index < -0.39 is 0 Å². The Hall–Kier alpha value is -1.45. The van der Waals surface area contributed by atoms with Crippen LogP contribution in [0.4, 0.5) is 0 Å². The predicted octanol–water partition coefficient (Wildman–Crippen LogP) is 3.05. The highest BCUT2D eigenvalue weighted by molar-refractivity contribution is 5.84. The Morgan fingerprint density at radius 1 is 1.20 bits per heavy atom. The van der Waals surface area contributed by atoms with E-state index in [1.807, 2.05) is 12.4 Å². The first kappa shape index (κ1) is 14.9. The van der Waals surface area contributed by atoms with E-state index in [4.69, 9.17) is 0 Å². The minimum absolute atomic E-state index is 0.622. The highest BCUT2D eigenvalue weighted by Crippen LogP contribution is 2.16. The fraction of sp³-hybridized carbons (Fsp3) is 0.471. The maximum absolute atomic E-state index is 4.31. The standard InChI is InChI=1S/C17H25N3/c1-14(2)20(3)10-6-9-18-12-16-13-19-11-15-7-4-5-8-17(15)16/h4-5,7-8,11,13-14,18H,6,9-10,12H2,1-3H3. The van der Waals surface area contributed by atoms with Crippen LogP contribution in [0.25, 0.3) is 10.8 Å². The van der Waals surface area contributed by atoms with Crippen LogP contribution >= 0.6 is 0 Å². The number of pyridine rings is 1. The average Bonchev–Trinajstić information content (AvgIpc) is 2.46. The van der Waals surface area contributed by atoms with Gasteiger partial charge in [0.15, 0.2) is 0 Å². The summed E-state index contributed by atoms with van der Waals surface area (Å²) in [6.45, 7) is 7.53. The highest BCUT2D eigenvalue weighted by atomic mass is 15.1. The molecule has 0 saturated carbocycles. The summed E-state index contributed by atoms with van der Waals surface area (Å²) in [4.78, 5) is 6.69. The molecule has 108 valence electrons. The van der Waals surface area contributed by atoms with Crippen LogP contribution in [0.15, 0.2) is 36.7 Å². The van der Waals surface area contributed by atoms with Crippen molar-refractivity contribution < 1.29 is 0 Å². The van der Waals surface area contributed by atoms with Gasteiger partial charge in [-0.1, -0.05) is 24.3 Å². The molecule has 1 aromatic carbocycles. The molecule has 2 aromatic rings. The van der Waals surface area contributed by atoms with Crippen molar-refractivity contribution in [3.8, 4) is 0 Å². The zero-order chi connectivity index (χ0) is 14.4. The van der Waals surface area contributed by atoms with E-state index in [2.05, 4.69) is 60.4 Å². The molecule has 0 saturated heterocycles. The van der Waals surface area contributed by atoms with Gasteiger partial charge in [-0.2, -0.15) is 0 Å². The molecule has 0 unspecified atom stereocenters. The molecule has 0 aliphatic rings. The molecule has 0 radical (unpaired) electrons. The number of hydrogen-bond donors (Lipinski definition) is 1. The van der Waals surface area contributed by atoms with Crippen molar-refractivity contribution in [2.45, 2.75) is 32.9 Å². The van der Waals surface area contributed by atoms with Crippen LogP contribution in [0, 0.1) is 0 Å². The second-order valence-corrected chi connectivity index (χ2v) is 5.62. The van der Waals surface area contributed by atoms with E-state index in [9.17, 15) is 0 Å². The van der Waals surface area contributed by atoms with Gasteiger partial charge in [0.1, 0.15) is 0 Å². The molecule has 3 nitrogen and oxygen atoms in total. The maximum atomic E-state index is 4.31. The third-order valence-electron chi connectivity index (χ3n) is 3.81. The van der Waals surface area contributed by atoms with Gasteiger partial charge in [-0.25, -0.2) is 0 Å². The lowest BCUT2D eigenvalue weighted by Gasteiger charge is -2.20. The Labute approximate surface area is 122 Å². The summed E-state index contributed by atoms with van der Waals surface area (Å²) in [5, 5.41) is 6.04. The van der Waals surface area contributed by atoms with Gasteiger partial charge in [0.05, 0.1) is 0 Å². The van der Waals surface area contributed by atoms with Crippen molar-refractivity contribution in [3.63, 3.8) is 0 Å². The van der Waals surface area contributed by atoms with Crippen LogP contribution in [-0.4, -0.2) is 36.1 Å². The molecule has 1 aromatic heterocycles. The van der Waals surface area contributed by atoms with E-state index >= 15 is 0 Å². The predicted molar refractivity (Wildman–Crippen MR) is 85.8 cm³/mol. The van der Waals surface area contributed by atoms with Crippen LogP contribution in [0.3, 0.4) is 0 Å². The molecule has 1 heterocycles. The summed E-state index contributed by atoms with van der Waals surface area (Å²) in [6, 6.07) is 9.05. The first-order valence-corrected chi connectivity index (χ1v) is 7.41. The minimum atomic E-state index is 0.622. The zero-order valence-electron chi connectivity index (χ0n) is 12.8. The second kappa shape index (κ2) is 7.36. The van der Waals surface area contributed by atoms with Crippen molar-refractivity contribution in [1.29, 1.82) is 0 Å². The first-order chi connectivity index (χ1) is 9.68. The number of hydrogen-bond acceptors (Lipinski definition) is 3. The fourth-order valence-electron chi connectivity index (χ4n) is 2.25. The van der Waals surface area contributed by atoms with Crippen molar-refractivity contribution in [1.82, 2.24) is 15.2 Å². The number of aromatic nitrogens is 1. The first-order valence-electron chi connectivity index (χ1n) is 7.41. The Morgan fingerprint density at radius 3 is 2.80 bits per heavy atom. The Balaban J connectivity index is 1.82. The lowest BCUT2D eigenvalue weighted by molar-refractivity contribution is 0.269. The molecule has 0 aliphatic heterocycles. The summed E-state index contributed by atoms with van der Waals surface area (Å²) in [5.41, 5.74) is 1.28. The third-order valence-corrected chi connectivity index (χ3v) is 3.81. The normalized spacial score (nSPS) is 11.7. The molecule has 20 heavy (non-hydrogen) atoms. The summed E-state index contributed by atoms with van der Waals surface area (Å²) in [6.07, 6.45) is 5.07. The molecular formula is C17H25N3. The lowest BCUT2D eigenvalue weighted by Crippen LogP contribution is -2.29. The number of nitrogens with zero attached hydrogens (tertiary/aromatic N) is 2. The zero-order valence-corrected chi connectivity index (χ0v) is 12.8. The highest BCUT2D eigenvalue weighted by Gasteiger charge is 2.03. The largest absolute Gasteiger partial charge is 0.313 e. The van der Waals surface area contributed by atoms with E-state index in [0.29, 0.717) is 6.04 Å². The van der Waals surface area contributed by atoms with Crippen LogP contribution in [-0.2, 0) is 6.54 Å². The van der Waals surface area contributed by atoms with E-state index in [-0.39, 0.29) is 0 Å². The van der Waals surface area contributed by atoms with Crippen LogP contribution in [0.2, 0.25) is 0 Å². The van der Waals surface area contributed by atoms with E-state index in [1.54, 1.807) is 0 Å². The summed E-state index contributed by atoms with van der Waals surface area (Å²) < 4.78 is 0. The van der Waals surface area contributed by atoms with E-state index in [0.717, 1.165) is 19.6 Å². The van der Waals surface area contributed by atoms with Gasteiger partial charge in [-0.3, -0.25) is 4.98 Å². The monoisotopic (exact) mass is 271 g/mol. The molecule has 0 atom stereocenters. The molecule has 0 spiro atoms.